The lowest BCUT2D eigenvalue weighted by Gasteiger charge is -1.98. The highest BCUT2D eigenvalue weighted by Crippen LogP contribution is 2.04. The Morgan fingerprint density at radius 2 is 2.38 bits per heavy atom. The van der Waals surface area contributed by atoms with Gasteiger partial charge in [-0.3, -0.25) is 0 Å². The average molecular weight is 220 g/mol. The maximum Gasteiger partial charge on any atom is 0.246 e. The molecule has 5 nitrogen and oxygen atoms in total. The van der Waals surface area contributed by atoms with E-state index in [1.165, 1.54) is 5.56 Å². The van der Waals surface area contributed by atoms with Crippen molar-refractivity contribution < 1.29 is 4.52 Å². The van der Waals surface area contributed by atoms with Crippen LogP contribution in [0.4, 0.5) is 0 Å². The standard InChI is InChI=1S/C11H16N4O/c1-3-12-6-10-4-5-15(7-10)8-11-13-9(2)14-16-11/h4-5,7,12H,3,6,8H2,1-2H3. The first-order valence-electron chi connectivity index (χ1n) is 5.42. The number of nitrogens with zero attached hydrogens (tertiary/aromatic N) is 3. The first kappa shape index (κ1) is 10.9. The molecule has 0 fully saturated rings. The van der Waals surface area contributed by atoms with Crippen molar-refractivity contribution in [3.05, 3.63) is 35.7 Å². The van der Waals surface area contributed by atoms with Gasteiger partial charge in [-0.15, -0.1) is 0 Å². The van der Waals surface area contributed by atoms with Gasteiger partial charge in [0.1, 0.15) is 6.54 Å². The molecule has 0 unspecified atom stereocenters. The zero-order valence-corrected chi connectivity index (χ0v) is 9.60. The summed E-state index contributed by atoms with van der Waals surface area (Å²) in [6.45, 7) is 6.42. The van der Waals surface area contributed by atoms with E-state index in [0.29, 0.717) is 18.3 Å². The third-order valence-electron chi connectivity index (χ3n) is 2.28. The van der Waals surface area contributed by atoms with Crippen molar-refractivity contribution in [2.24, 2.45) is 0 Å². The van der Waals surface area contributed by atoms with Gasteiger partial charge in [-0.05, 0) is 25.1 Å². The van der Waals surface area contributed by atoms with Gasteiger partial charge < -0.3 is 14.4 Å². The fourth-order valence-corrected chi connectivity index (χ4v) is 1.52. The van der Waals surface area contributed by atoms with Crippen LogP contribution in [-0.2, 0) is 13.1 Å². The predicted octanol–water partition coefficient (Wildman–Crippen LogP) is 1.34. The molecule has 86 valence electrons. The summed E-state index contributed by atoms with van der Waals surface area (Å²) in [6.07, 6.45) is 4.11. The maximum absolute atomic E-state index is 5.06. The van der Waals surface area contributed by atoms with Crippen molar-refractivity contribution in [3.8, 4) is 0 Å². The van der Waals surface area contributed by atoms with Crippen LogP contribution in [-0.4, -0.2) is 21.3 Å². The molecule has 0 aliphatic carbocycles. The Morgan fingerprint density at radius 3 is 3.06 bits per heavy atom. The zero-order chi connectivity index (χ0) is 11.4. The van der Waals surface area contributed by atoms with Gasteiger partial charge in [0, 0.05) is 18.9 Å². The highest BCUT2D eigenvalue weighted by molar-refractivity contribution is 5.10. The second-order valence-corrected chi connectivity index (χ2v) is 3.71. The number of aryl methyl sites for hydroxylation is 1. The van der Waals surface area contributed by atoms with E-state index in [4.69, 9.17) is 4.52 Å². The lowest BCUT2D eigenvalue weighted by molar-refractivity contribution is 0.368. The van der Waals surface area contributed by atoms with Gasteiger partial charge in [0.05, 0.1) is 0 Å². The van der Waals surface area contributed by atoms with Crippen molar-refractivity contribution in [1.29, 1.82) is 0 Å². The summed E-state index contributed by atoms with van der Waals surface area (Å²) < 4.78 is 7.10. The Hall–Kier alpha value is -1.62. The summed E-state index contributed by atoms with van der Waals surface area (Å²) in [5.41, 5.74) is 1.26. The quantitative estimate of drug-likeness (QED) is 0.826. The molecule has 16 heavy (non-hydrogen) atoms. The van der Waals surface area contributed by atoms with Crippen LogP contribution in [0.5, 0.6) is 0 Å². The number of aromatic nitrogens is 3. The minimum atomic E-state index is 0.632. The molecule has 0 saturated heterocycles. The Labute approximate surface area is 94.5 Å². The van der Waals surface area contributed by atoms with Gasteiger partial charge in [-0.2, -0.15) is 4.98 Å². The number of hydrogen-bond acceptors (Lipinski definition) is 4. The molecule has 0 amide bonds. The van der Waals surface area contributed by atoms with Gasteiger partial charge in [-0.1, -0.05) is 12.1 Å². The van der Waals surface area contributed by atoms with Gasteiger partial charge in [0.2, 0.25) is 5.89 Å². The van der Waals surface area contributed by atoms with E-state index in [-0.39, 0.29) is 0 Å². The predicted molar refractivity (Wildman–Crippen MR) is 59.9 cm³/mol. The molecule has 0 saturated carbocycles. The fraction of sp³-hybridized carbons (Fsp3) is 0.455. The van der Waals surface area contributed by atoms with Crippen LogP contribution >= 0.6 is 0 Å². The molecule has 1 N–H and O–H groups in total. The molecule has 0 spiro atoms. The van der Waals surface area contributed by atoms with Gasteiger partial charge in [-0.25, -0.2) is 0 Å². The van der Waals surface area contributed by atoms with Gasteiger partial charge >= 0.3 is 0 Å². The van der Waals surface area contributed by atoms with Crippen molar-refractivity contribution >= 4 is 0 Å². The molecule has 2 rings (SSSR count). The van der Waals surface area contributed by atoms with E-state index in [0.717, 1.165) is 13.1 Å². The Morgan fingerprint density at radius 1 is 1.50 bits per heavy atom. The first-order chi connectivity index (χ1) is 7.78. The summed E-state index contributed by atoms with van der Waals surface area (Å²) in [6, 6.07) is 2.09. The van der Waals surface area contributed by atoms with Gasteiger partial charge in [0.15, 0.2) is 5.82 Å². The lowest BCUT2D eigenvalue weighted by Crippen LogP contribution is -2.11. The van der Waals surface area contributed by atoms with E-state index in [1.54, 1.807) is 0 Å². The zero-order valence-electron chi connectivity index (χ0n) is 9.60. The summed E-state index contributed by atoms with van der Waals surface area (Å²) in [4.78, 5) is 4.16. The number of hydrogen-bond donors (Lipinski definition) is 1. The molecule has 0 atom stereocenters. The molecule has 2 heterocycles. The average Bonchev–Trinajstić information content (AvgIpc) is 2.86. The van der Waals surface area contributed by atoms with Crippen LogP contribution in [0.3, 0.4) is 0 Å². The Bertz CT molecular complexity index is 446. The number of rotatable bonds is 5. The molecule has 0 bridgehead atoms. The summed E-state index contributed by atoms with van der Waals surface area (Å²) >= 11 is 0. The molecule has 2 aromatic rings. The summed E-state index contributed by atoms with van der Waals surface area (Å²) in [7, 11) is 0. The van der Waals surface area contributed by atoms with Crippen LogP contribution in [0.25, 0.3) is 0 Å². The molecular formula is C11H16N4O. The van der Waals surface area contributed by atoms with Crippen molar-refractivity contribution in [1.82, 2.24) is 20.0 Å². The van der Waals surface area contributed by atoms with Crippen LogP contribution in [0.2, 0.25) is 0 Å². The van der Waals surface area contributed by atoms with Crippen molar-refractivity contribution in [3.63, 3.8) is 0 Å². The molecule has 0 aliphatic heterocycles. The van der Waals surface area contributed by atoms with E-state index >= 15 is 0 Å². The third kappa shape index (κ3) is 2.70. The molecule has 0 radical (unpaired) electrons. The highest BCUT2D eigenvalue weighted by atomic mass is 16.5. The van der Waals surface area contributed by atoms with E-state index < -0.39 is 0 Å². The molecular weight excluding hydrogens is 204 g/mol. The third-order valence-corrected chi connectivity index (χ3v) is 2.28. The molecule has 0 aromatic carbocycles. The minimum absolute atomic E-state index is 0.632. The Balaban J connectivity index is 1.97. The van der Waals surface area contributed by atoms with E-state index in [2.05, 4.69) is 34.6 Å². The second kappa shape index (κ2) is 4.94. The van der Waals surface area contributed by atoms with Crippen LogP contribution in [0, 0.1) is 6.92 Å². The van der Waals surface area contributed by atoms with Gasteiger partial charge in [0.25, 0.3) is 0 Å². The summed E-state index contributed by atoms with van der Waals surface area (Å²) in [5, 5.41) is 7.04. The van der Waals surface area contributed by atoms with Crippen molar-refractivity contribution in [2.45, 2.75) is 26.9 Å². The van der Waals surface area contributed by atoms with Crippen LogP contribution < -0.4 is 5.32 Å². The maximum atomic E-state index is 5.06. The largest absolute Gasteiger partial charge is 0.345 e. The highest BCUT2D eigenvalue weighted by Gasteiger charge is 2.03. The van der Waals surface area contributed by atoms with E-state index in [9.17, 15) is 0 Å². The first-order valence-corrected chi connectivity index (χ1v) is 5.42. The van der Waals surface area contributed by atoms with E-state index in [1.807, 2.05) is 17.7 Å². The van der Waals surface area contributed by atoms with Crippen molar-refractivity contribution in [2.75, 3.05) is 6.54 Å². The SMILES string of the molecule is CCNCc1ccn(Cc2nc(C)no2)c1. The van der Waals surface area contributed by atoms with Crippen LogP contribution in [0.1, 0.15) is 24.2 Å². The number of nitrogens with one attached hydrogen (secondary N) is 1. The molecule has 5 heteroatoms. The smallest absolute Gasteiger partial charge is 0.246 e. The summed E-state index contributed by atoms with van der Waals surface area (Å²) in [5.74, 6) is 1.32. The fourth-order valence-electron chi connectivity index (χ4n) is 1.52. The Kier molecular flexibility index (Phi) is 3.36. The second-order valence-electron chi connectivity index (χ2n) is 3.71. The normalized spacial score (nSPS) is 10.9. The topological polar surface area (TPSA) is 55.9 Å². The lowest BCUT2D eigenvalue weighted by atomic mass is 10.3. The monoisotopic (exact) mass is 220 g/mol. The molecule has 2 aromatic heterocycles. The van der Waals surface area contributed by atoms with Crippen LogP contribution in [0.15, 0.2) is 23.0 Å². The minimum Gasteiger partial charge on any atom is -0.345 e. The molecule has 0 aliphatic rings.